The number of nitrogen functional groups attached to an aromatic ring is 1. The second-order valence-corrected chi connectivity index (χ2v) is 10.8. The molecule has 1 aromatic carbocycles. The Bertz CT molecular complexity index is 1080. The Kier molecular flexibility index (Phi) is 10.7. The highest BCUT2D eigenvalue weighted by molar-refractivity contribution is 6.03. The first-order valence-electron chi connectivity index (χ1n) is 13.5. The molecule has 0 aliphatic carbocycles. The summed E-state index contributed by atoms with van der Waals surface area (Å²) in [6, 6.07) is 1.16. The molecule has 18 heteroatoms. The molecule has 0 aromatic heterocycles. The number of nitrogens with two attached hydrogens (primary N) is 4. The highest BCUT2D eigenvalue weighted by Crippen LogP contribution is 2.36. The third-order valence-corrected chi connectivity index (χ3v) is 8.03. The van der Waals surface area contributed by atoms with Crippen molar-refractivity contribution < 1.29 is 69.3 Å². The van der Waals surface area contributed by atoms with E-state index in [1.807, 2.05) is 0 Å². The number of anilines is 1. The maximum atomic E-state index is 13.4. The van der Waals surface area contributed by atoms with E-state index in [4.69, 9.17) is 46.6 Å². The second kappa shape index (κ2) is 13.6. The number of ketones is 1. The van der Waals surface area contributed by atoms with Crippen LogP contribution in [0.5, 0.6) is 0 Å². The molecule has 244 valence electrons. The van der Waals surface area contributed by atoms with Gasteiger partial charge in [0, 0.05) is 11.3 Å². The minimum atomic E-state index is -2.46. The molecule has 0 radical (unpaired) electrons. The van der Waals surface area contributed by atoms with Crippen LogP contribution in [0.2, 0.25) is 0 Å². The van der Waals surface area contributed by atoms with E-state index in [1.165, 1.54) is 24.3 Å². The van der Waals surface area contributed by atoms with Gasteiger partial charge in [0.2, 0.25) is 0 Å². The lowest BCUT2D eigenvalue weighted by Crippen LogP contribution is -2.73. The molecule has 0 spiro atoms. The monoisotopic (exact) mass is 620 g/mol. The molecule has 2 unspecified atom stereocenters. The first-order chi connectivity index (χ1) is 20.3. The summed E-state index contributed by atoms with van der Waals surface area (Å²) in [6.45, 7) is -2.61. The van der Waals surface area contributed by atoms with Gasteiger partial charge < -0.3 is 87.5 Å². The van der Waals surface area contributed by atoms with Crippen LogP contribution in [0.1, 0.15) is 10.4 Å². The summed E-state index contributed by atoms with van der Waals surface area (Å²) in [5, 5.41) is 83.0. The average molecular weight is 621 g/mol. The number of aliphatic hydroxyl groups excluding tert-OH is 8. The molecule has 0 bridgehead atoms. The summed E-state index contributed by atoms with van der Waals surface area (Å²) in [4.78, 5) is 13.4. The quantitative estimate of drug-likeness (QED) is 0.0901. The van der Waals surface area contributed by atoms with Gasteiger partial charge in [-0.3, -0.25) is 4.79 Å². The SMILES string of the molecule is Nc1ccc(C(=O)[C@]2(CO)O[C@H](OC3[C@@H](CO)O[C@@H](OC4[C@@H](CO)O[C@@H](O)[C@H](N)[C@H]4O)[C@H](N)[C@H]3O)[C@H](N)[C@@H](O)[C@@H]2O)cc1. The predicted octanol–water partition coefficient (Wildman–Crippen LogP) is -6.84. The van der Waals surface area contributed by atoms with Crippen LogP contribution in [0.3, 0.4) is 0 Å². The van der Waals surface area contributed by atoms with Crippen LogP contribution in [0.15, 0.2) is 24.3 Å². The first kappa shape index (κ1) is 33.9. The van der Waals surface area contributed by atoms with E-state index in [2.05, 4.69) is 0 Å². The van der Waals surface area contributed by atoms with Crippen molar-refractivity contribution in [2.24, 2.45) is 17.2 Å². The van der Waals surface area contributed by atoms with E-state index < -0.39 is 117 Å². The molecule has 18 nitrogen and oxygen atoms in total. The molecule has 16 N–H and O–H groups in total. The molecule has 1 aromatic rings. The van der Waals surface area contributed by atoms with Crippen molar-refractivity contribution in [2.45, 2.75) is 91.4 Å². The van der Waals surface area contributed by atoms with E-state index in [9.17, 15) is 45.6 Å². The number of hydrogen-bond donors (Lipinski definition) is 12. The van der Waals surface area contributed by atoms with Gasteiger partial charge in [-0.25, -0.2) is 0 Å². The van der Waals surface area contributed by atoms with Gasteiger partial charge in [-0.15, -0.1) is 0 Å². The molecule has 3 saturated heterocycles. The van der Waals surface area contributed by atoms with Crippen LogP contribution in [0.25, 0.3) is 0 Å². The smallest absolute Gasteiger partial charge is 0.199 e. The van der Waals surface area contributed by atoms with Crippen molar-refractivity contribution in [2.75, 3.05) is 25.6 Å². The topological polar surface area (TPSA) is 329 Å². The van der Waals surface area contributed by atoms with E-state index in [0.29, 0.717) is 5.69 Å². The lowest BCUT2D eigenvalue weighted by Gasteiger charge is -2.50. The fourth-order valence-corrected chi connectivity index (χ4v) is 5.35. The van der Waals surface area contributed by atoms with E-state index in [1.54, 1.807) is 0 Å². The van der Waals surface area contributed by atoms with Crippen LogP contribution in [-0.2, 0) is 23.7 Å². The van der Waals surface area contributed by atoms with Crippen molar-refractivity contribution in [3.63, 3.8) is 0 Å². The van der Waals surface area contributed by atoms with Crippen LogP contribution < -0.4 is 22.9 Å². The third-order valence-electron chi connectivity index (χ3n) is 8.03. The van der Waals surface area contributed by atoms with Crippen molar-refractivity contribution in [1.29, 1.82) is 0 Å². The minimum absolute atomic E-state index is 0.0256. The normalized spacial score (nSPS) is 45.6. The van der Waals surface area contributed by atoms with Crippen LogP contribution in [0, 0.1) is 0 Å². The number of ether oxygens (including phenoxy) is 5. The zero-order chi connectivity index (χ0) is 31.8. The zero-order valence-corrected chi connectivity index (χ0v) is 22.9. The fraction of sp³-hybridized carbons (Fsp3) is 0.720. The molecule has 3 aliphatic heterocycles. The number of hydrogen-bond acceptors (Lipinski definition) is 18. The molecule has 3 heterocycles. The minimum Gasteiger partial charge on any atom is -0.399 e. The number of rotatable bonds is 9. The van der Waals surface area contributed by atoms with Crippen molar-refractivity contribution in [3.05, 3.63) is 29.8 Å². The average Bonchev–Trinajstić information content (AvgIpc) is 3.00. The molecule has 3 fully saturated rings. The van der Waals surface area contributed by atoms with E-state index >= 15 is 0 Å². The van der Waals surface area contributed by atoms with E-state index in [-0.39, 0.29) is 5.56 Å². The van der Waals surface area contributed by atoms with Gasteiger partial charge in [0.1, 0.15) is 48.8 Å². The molecule has 0 amide bonds. The summed E-state index contributed by atoms with van der Waals surface area (Å²) in [6.07, 6.45) is -17.6. The summed E-state index contributed by atoms with van der Waals surface area (Å²) < 4.78 is 28.1. The molecular formula is C25H40N4O14. The summed E-state index contributed by atoms with van der Waals surface area (Å²) in [5.41, 5.74) is 21.4. The van der Waals surface area contributed by atoms with Gasteiger partial charge in [-0.2, -0.15) is 0 Å². The second-order valence-electron chi connectivity index (χ2n) is 10.8. The fourth-order valence-electron chi connectivity index (χ4n) is 5.35. The van der Waals surface area contributed by atoms with Crippen molar-refractivity contribution in [1.82, 2.24) is 0 Å². The van der Waals surface area contributed by atoms with Gasteiger partial charge in [-0.1, -0.05) is 0 Å². The summed E-state index contributed by atoms with van der Waals surface area (Å²) >= 11 is 0. The molecule has 0 saturated carbocycles. The number of carbonyl (C=O) groups is 1. The van der Waals surface area contributed by atoms with Gasteiger partial charge in [0.05, 0.1) is 37.9 Å². The lowest BCUT2D eigenvalue weighted by molar-refractivity contribution is -0.354. The maximum Gasteiger partial charge on any atom is 0.199 e. The third kappa shape index (κ3) is 6.29. The lowest BCUT2D eigenvalue weighted by atomic mass is 9.81. The first-order valence-corrected chi connectivity index (χ1v) is 13.5. The van der Waals surface area contributed by atoms with Gasteiger partial charge in [0.15, 0.2) is 30.3 Å². The van der Waals surface area contributed by atoms with Crippen molar-refractivity contribution in [3.8, 4) is 0 Å². The Hall–Kier alpha value is -1.95. The molecule has 43 heavy (non-hydrogen) atoms. The predicted molar refractivity (Wildman–Crippen MR) is 141 cm³/mol. The standard InChI is InChI=1S/C25H40N4O14/c26-9-3-1-8(2-4-9)20(36)25(7-32)21(37)17(35)14(29)24(43-25)42-19-11(6-31)40-23(13(28)16(19)34)41-18-10(5-30)39-22(38)12(27)15(18)33/h1-4,10-19,21-24,30-35,37-38H,5-7,26-29H2/t10-,11-,12-,13-,14-,15-,16-,17-,18?,19?,21+,22-,23+,24+,25+/m1/s1. The Morgan fingerprint density at radius 2 is 1.28 bits per heavy atom. The molecule has 4 rings (SSSR count). The van der Waals surface area contributed by atoms with Gasteiger partial charge >= 0.3 is 0 Å². The van der Waals surface area contributed by atoms with Crippen LogP contribution >= 0.6 is 0 Å². The Morgan fingerprint density at radius 3 is 1.84 bits per heavy atom. The molecular weight excluding hydrogens is 580 g/mol. The van der Waals surface area contributed by atoms with Crippen LogP contribution in [-0.4, -0.2) is 158 Å². The maximum absolute atomic E-state index is 13.4. The molecule has 15 atom stereocenters. The zero-order valence-electron chi connectivity index (χ0n) is 22.9. The Balaban J connectivity index is 1.54. The molecule has 3 aliphatic rings. The summed E-state index contributed by atoms with van der Waals surface area (Å²) in [5.74, 6) is -0.929. The largest absolute Gasteiger partial charge is 0.399 e. The van der Waals surface area contributed by atoms with Gasteiger partial charge in [-0.05, 0) is 24.3 Å². The van der Waals surface area contributed by atoms with Crippen molar-refractivity contribution >= 4 is 11.5 Å². The number of carbonyl (C=O) groups excluding carboxylic acids is 1. The van der Waals surface area contributed by atoms with E-state index in [0.717, 1.165) is 0 Å². The number of benzene rings is 1. The number of aliphatic hydroxyl groups is 8. The highest BCUT2D eigenvalue weighted by Gasteiger charge is 2.59. The summed E-state index contributed by atoms with van der Waals surface area (Å²) in [7, 11) is 0. The Morgan fingerprint density at radius 1 is 0.767 bits per heavy atom. The Labute approximate surface area is 245 Å². The number of Topliss-reactive ketones (excluding diaryl/α,β-unsaturated/α-hetero) is 1. The van der Waals surface area contributed by atoms with Crippen LogP contribution in [0.4, 0.5) is 5.69 Å². The van der Waals surface area contributed by atoms with Gasteiger partial charge in [0.25, 0.3) is 0 Å². The highest BCUT2D eigenvalue weighted by atomic mass is 16.7.